The Morgan fingerprint density at radius 1 is 0.889 bits per heavy atom. The molecule has 4 bridgehead atoms. The minimum atomic E-state index is -0.954. The highest BCUT2D eigenvalue weighted by atomic mass is 16.5. The molecule has 8 rings (SSSR count). The van der Waals surface area contributed by atoms with Gasteiger partial charge in [0.15, 0.2) is 23.0 Å². The largest absolute Gasteiger partial charge is 0.504 e. The number of H-pyrrole nitrogens is 1. The predicted octanol–water partition coefficient (Wildman–Crippen LogP) is 6.42. The van der Waals surface area contributed by atoms with Crippen LogP contribution in [-0.4, -0.2) is 65.7 Å². The van der Waals surface area contributed by atoms with Gasteiger partial charge >= 0.3 is 0 Å². The number of nitrogens with one attached hydrogen (secondary N) is 1. The highest BCUT2D eigenvalue weighted by molar-refractivity contribution is 5.87. The van der Waals surface area contributed by atoms with E-state index < -0.39 is 12.0 Å². The first-order valence-corrected chi connectivity index (χ1v) is 16.2. The van der Waals surface area contributed by atoms with Crippen molar-refractivity contribution in [3.63, 3.8) is 0 Å². The number of hydrogen-bond donors (Lipinski definition) is 4. The quantitative estimate of drug-likeness (QED) is 0.173. The number of hydrogen-bond acceptors (Lipinski definition) is 7. The molecule has 1 aliphatic carbocycles. The molecule has 4 heterocycles. The molecular weight excluding hydrogens is 568 g/mol. The molecule has 4 aromatic rings. The van der Waals surface area contributed by atoms with E-state index >= 15 is 0 Å². The van der Waals surface area contributed by atoms with Crippen LogP contribution in [0.15, 0.2) is 48.5 Å². The van der Waals surface area contributed by atoms with Crippen LogP contribution in [0.4, 0.5) is 0 Å². The Kier molecular flexibility index (Phi) is 7.82. The second-order valence-corrected chi connectivity index (χ2v) is 13.2. The molecule has 1 unspecified atom stereocenters. The fraction of sp³-hybridized carbons (Fsp3) is 0.459. The lowest BCUT2D eigenvalue weighted by Gasteiger charge is -2.53. The maximum Gasteiger partial charge on any atom is 0.160 e. The third kappa shape index (κ3) is 5.08. The lowest BCUT2D eigenvalue weighted by atomic mass is 9.65. The number of nitrogens with zero attached hydrogens (tertiary/aromatic N) is 1. The molecule has 1 saturated carbocycles. The molecule has 45 heavy (non-hydrogen) atoms. The SMILES string of the molecule is CC[C@H]1C[C@@H]2C[C@H]3c4[nH]c5cc(C[C@H](c6ccc(O)c(OC)c6)[C@@H](O)c6ccc(O)c(OC)c6)c(OC)cc5c4CCN(C2)[C@@H]13. The second kappa shape index (κ2) is 11.8. The number of aromatic hydroxyl groups is 2. The molecule has 3 aliphatic heterocycles. The van der Waals surface area contributed by atoms with Crippen LogP contribution in [-0.2, 0) is 12.8 Å². The van der Waals surface area contributed by atoms with E-state index in [2.05, 4.69) is 28.9 Å². The van der Waals surface area contributed by atoms with Crippen LogP contribution in [0.2, 0.25) is 0 Å². The zero-order chi connectivity index (χ0) is 31.4. The summed E-state index contributed by atoms with van der Waals surface area (Å²) in [6, 6.07) is 15.1. The summed E-state index contributed by atoms with van der Waals surface area (Å²) in [6.45, 7) is 4.70. The van der Waals surface area contributed by atoms with Gasteiger partial charge in [0.05, 0.1) is 27.4 Å². The van der Waals surface area contributed by atoms with Crippen LogP contribution in [0, 0.1) is 11.8 Å². The fourth-order valence-corrected chi connectivity index (χ4v) is 8.80. The van der Waals surface area contributed by atoms with Crippen molar-refractivity contribution >= 4 is 10.9 Å². The number of fused-ring (bicyclic) bond motifs is 4. The van der Waals surface area contributed by atoms with Crippen LogP contribution in [0.1, 0.15) is 72.1 Å². The molecule has 4 aliphatic rings. The van der Waals surface area contributed by atoms with E-state index in [-0.39, 0.29) is 11.5 Å². The van der Waals surface area contributed by atoms with Gasteiger partial charge in [-0.25, -0.2) is 0 Å². The van der Waals surface area contributed by atoms with Crippen LogP contribution in [0.5, 0.6) is 28.7 Å². The number of aromatic amines is 1. The number of methoxy groups -OCH3 is 3. The van der Waals surface area contributed by atoms with Gasteiger partial charge in [-0.2, -0.15) is 0 Å². The third-order valence-electron chi connectivity index (χ3n) is 10.9. The van der Waals surface area contributed by atoms with E-state index in [4.69, 9.17) is 14.2 Å². The molecule has 7 atom stereocenters. The molecule has 8 heteroatoms. The number of piperidine rings is 2. The number of benzene rings is 3. The number of ether oxygens (including phenoxy) is 3. The summed E-state index contributed by atoms with van der Waals surface area (Å²) in [5, 5.41) is 33.7. The maximum absolute atomic E-state index is 11.9. The van der Waals surface area contributed by atoms with Crippen molar-refractivity contribution in [1.29, 1.82) is 0 Å². The molecule has 3 aromatic carbocycles. The number of phenols is 2. The van der Waals surface area contributed by atoms with E-state index in [1.807, 2.05) is 6.07 Å². The van der Waals surface area contributed by atoms with E-state index in [1.165, 1.54) is 62.7 Å². The summed E-state index contributed by atoms with van der Waals surface area (Å²) >= 11 is 0. The zero-order valence-corrected chi connectivity index (χ0v) is 26.5. The van der Waals surface area contributed by atoms with Crippen LogP contribution < -0.4 is 14.2 Å². The Bertz CT molecular complexity index is 1720. The van der Waals surface area contributed by atoms with E-state index in [0.29, 0.717) is 35.4 Å². The van der Waals surface area contributed by atoms with Gasteiger partial charge in [-0.15, -0.1) is 0 Å². The van der Waals surface area contributed by atoms with Crippen molar-refractivity contribution in [2.24, 2.45) is 11.8 Å². The first-order chi connectivity index (χ1) is 21.8. The van der Waals surface area contributed by atoms with E-state index in [9.17, 15) is 15.3 Å². The van der Waals surface area contributed by atoms with Gasteiger partial charge in [-0.1, -0.05) is 25.5 Å². The minimum absolute atomic E-state index is 0.00880. The predicted molar refractivity (Wildman–Crippen MR) is 174 cm³/mol. The maximum atomic E-state index is 11.9. The fourth-order valence-electron chi connectivity index (χ4n) is 8.80. The lowest BCUT2D eigenvalue weighted by Crippen LogP contribution is -2.56. The van der Waals surface area contributed by atoms with Gasteiger partial charge in [0.2, 0.25) is 0 Å². The Labute approximate surface area is 264 Å². The van der Waals surface area contributed by atoms with Gasteiger partial charge in [-0.3, -0.25) is 4.90 Å². The number of aliphatic hydroxyl groups excluding tert-OH is 1. The van der Waals surface area contributed by atoms with Gasteiger partial charge < -0.3 is 34.5 Å². The van der Waals surface area contributed by atoms with Crippen molar-refractivity contribution in [2.75, 3.05) is 34.4 Å². The van der Waals surface area contributed by atoms with Crippen LogP contribution in [0.25, 0.3) is 10.9 Å². The molecule has 2 saturated heterocycles. The Balaban J connectivity index is 1.30. The van der Waals surface area contributed by atoms with Crippen molar-refractivity contribution < 1.29 is 29.5 Å². The normalized spacial score (nSPS) is 25.0. The highest BCUT2D eigenvalue weighted by Crippen LogP contribution is 2.51. The summed E-state index contributed by atoms with van der Waals surface area (Å²) < 4.78 is 16.8. The van der Waals surface area contributed by atoms with Crippen molar-refractivity contribution in [3.8, 4) is 28.7 Å². The second-order valence-electron chi connectivity index (χ2n) is 13.2. The topological polar surface area (TPSA) is 107 Å². The average molecular weight is 613 g/mol. The van der Waals surface area contributed by atoms with Crippen molar-refractivity contribution in [3.05, 3.63) is 76.5 Å². The molecule has 8 nitrogen and oxygen atoms in total. The van der Waals surface area contributed by atoms with Crippen molar-refractivity contribution in [2.45, 2.75) is 63.0 Å². The van der Waals surface area contributed by atoms with Gasteiger partial charge in [0, 0.05) is 47.6 Å². The third-order valence-corrected chi connectivity index (χ3v) is 10.9. The Morgan fingerprint density at radius 3 is 2.27 bits per heavy atom. The van der Waals surface area contributed by atoms with E-state index in [0.717, 1.165) is 47.2 Å². The van der Waals surface area contributed by atoms with Crippen molar-refractivity contribution in [1.82, 2.24) is 9.88 Å². The summed E-state index contributed by atoms with van der Waals surface area (Å²) in [5.74, 6) is 3.10. The molecule has 0 radical (unpaired) electrons. The number of aromatic nitrogens is 1. The lowest BCUT2D eigenvalue weighted by molar-refractivity contribution is -0.0134. The van der Waals surface area contributed by atoms with Crippen LogP contribution >= 0.6 is 0 Å². The summed E-state index contributed by atoms with van der Waals surface area (Å²) in [7, 11) is 4.71. The number of aliphatic hydroxyl groups is 1. The van der Waals surface area contributed by atoms with Gasteiger partial charge in [-0.05, 0) is 96.2 Å². The molecule has 0 spiro atoms. The molecule has 0 amide bonds. The summed E-state index contributed by atoms with van der Waals surface area (Å²) in [5.41, 5.74) is 6.34. The van der Waals surface area contributed by atoms with E-state index in [1.54, 1.807) is 31.4 Å². The molecule has 4 N–H and O–H groups in total. The standard InChI is InChI=1S/C37H44N2O6/c1-5-21-12-20-13-28-35-25(10-11-39(19-20)36(21)28)27-18-32(43-2)24(15-29(27)38-35)14-26(22-6-8-30(40)33(16-22)44-3)37(42)23-7-9-31(41)34(17-23)45-4/h6-9,15-18,20-21,26,28,36-38,40-42H,5,10-14,19H2,1-4H3/t20-,21+,26-,28+,36+,37+/m1/s1. The number of phenolic OH excluding ortho intramolecular Hbond substituents is 2. The molecular formula is C37H44N2O6. The molecule has 3 fully saturated rings. The molecule has 238 valence electrons. The Hall–Kier alpha value is -3.88. The molecule has 1 aromatic heterocycles. The number of rotatable bonds is 9. The van der Waals surface area contributed by atoms with Gasteiger partial charge in [0.1, 0.15) is 5.75 Å². The van der Waals surface area contributed by atoms with Gasteiger partial charge in [0.25, 0.3) is 0 Å². The average Bonchev–Trinajstić information content (AvgIpc) is 3.37. The Morgan fingerprint density at radius 2 is 1.58 bits per heavy atom. The van der Waals surface area contributed by atoms with Crippen LogP contribution in [0.3, 0.4) is 0 Å². The minimum Gasteiger partial charge on any atom is -0.504 e. The smallest absolute Gasteiger partial charge is 0.160 e. The zero-order valence-electron chi connectivity index (χ0n) is 26.5. The first kappa shape index (κ1) is 29.8. The summed E-state index contributed by atoms with van der Waals surface area (Å²) in [4.78, 5) is 6.69. The first-order valence-electron chi connectivity index (χ1n) is 16.2. The monoisotopic (exact) mass is 612 g/mol. The highest BCUT2D eigenvalue weighted by Gasteiger charge is 2.48. The summed E-state index contributed by atoms with van der Waals surface area (Å²) in [6.07, 6.45) is 4.39.